The highest BCUT2D eigenvalue weighted by molar-refractivity contribution is 6.18. The van der Waals surface area contributed by atoms with Crippen LogP contribution in [0.5, 0.6) is 0 Å². The van der Waals surface area contributed by atoms with E-state index in [9.17, 15) is 0 Å². The summed E-state index contributed by atoms with van der Waals surface area (Å²) >= 11 is 5.85. The summed E-state index contributed by atoms with van der Waals surface area (Å²) in [4.78, 5) is 2.29. The fourth-order valence-electron chi connectivity index (χ4n) is 1.92. The van der Waals surface area contributed by atoms with Gasteiger partial charge in [0, 0.05) is 19.0 Å². The lowest BCUT2D eigenvalue weighted by Gasteiger charge is -2.31. The van der Waals surface area contributed by atoms with Crippen molar-refractivity contribution in [3.63, 3.8) is 0 Å². The minimum absolute atomic E-state index is 0.681. The van der Waals surface area contributed by atoms with Crippen LogP contribution in [0.4, 0.5) is 5.82 Å². The molecule has 2 heterocycles. The van der Waals surface area contributed by atoms with Gasteiger partial charge in [0.2, 0.25) is 0 Å². The Morgan fingerprint density at radius 1 is 1.47 bits per heavy atom. The fourth-order valence-corrected chi connectivity index (χ4v) is 2.23. The number of alkyl halides is 1. The molecule has 0 radical (unpaired) electrons. The van der Waals surface area contributed by atoms with Gasteiger partial charge in [-0.3, -0.25) is 0 Å². The van der Waals surface area contributed by atoms with E-state index < -0.39 is 0 Å². The smallest absolute Gasteiger partial charge is 0.151 e. The van der Waals surface area contributed by atoms with E-state index in [0.29, 0.717) is 5.92 Å². The molecule has 0 N–H and O–H groups in total. The Morgan fingerprint density at radius 3 is 2.80 bits per heavy atom. The summed E-state index contributed by atoms with van der Waals surface area (Å²) in [6, 6.07) is 2.09. The Morgan fingerprint density at radius 2 is 2.20 bits per heavy atom. The predicted molar refractivity (Wildman–Crippen MR) is 62.4 cm³/mol. The van der Waals surface area contributed by atoms with Crippen molar-refractivity contribution >= 4 is 17.4 Å². The van der Waals surface area contributed by atoms with Gasteiger partial charge in [0.05, 0.1) is 6.20 Å². The average molecular weight is 226 g/mol. The van der Waals surface area contributed by atoms with Crippen LogP contribution >= 0.6 is 11.6 Å². The molecule has 1 aromatic heterocycles. The molecule has 0 saturated carbocycles. The Hall–Kier alpha value is -0.830. The summed E-state index contributed by atoms with van der Waals surface area (Å²) < 4.78 is 0. The van der Waals surface area contributed by atoms with E-state index >= 15 is 0 Å². The standard InChI is InChI=1S/C11H16ClN3/c1-9-6-11(14-13-8-9)15-4-2-10(7-12)3-5-15/h6,8,10H,2-5,7H2,1H3. The minimum atomic E-state index is 0.681. The number of rotatable bonds is 2. The molecule has 1 fully saturated rings. The monoisotopic (exact) mass is 225 g/mol. The maximum absolute atomic E-state index is 5.85. The Labute approximate surface area is 95.5 Å². The van der Waals surface area contributed by atoms with Gasteiger partial charge in [0.25, 0.3) is 0 Å². The maximum atomic E-state index is 5.85. The normalized spacial score (nSPS) is 18.1. The third-order valence-electron chi connectivity index (χ3n) is 2.94. The minimum Gasteiger partial charge on any atom is -0.355 e. The second kappa shape index (κ2) is 4.79. The zero-order chi connectivity index (χ0) is 10.7. The zero-order valence-corrected chi connectivity index (χ0v) is 9.74. The zero-order valence-electron chi connectivity index (χ0n) is 8.99. The summed E-state index contributed by atoms with van der Waals surface area (Å²) in [7, 11) is 0. The molecule has 1 aliphatic heterocycles. The van der Waals surface area contributed by atoms with Crippen LogP contribution in [-0.2, 0) is 0 Å². The lowest BCUT2D eigenvalue weighted by atomic mass is 9.99. The molecule has 1 saturated heterocycles. The number of hydrogen-bond acceptors (Lipinski definition) is 3. The first kappa shape index (κ1) is 10.7. The Balaban J connectivity index is 2.01. The van der Waals surface area contributed by atoms with Crippen molar-refractivity contribution in [3.05, 3.63) is 17.8 Å². The highest BCUT2D eigenvalue weighted by Crippen LogP contribution is 2.22. The van der Waals surface area contributed by atoms with Gasteiger partial charge < -0.3 is 4.90 Å². The summed E-state index contributed by atoms with van der Waals surface area (Å²) in [5, 5.41) is 8.14. The largest absolute Gasteiger partial charge is 0.355 e. The van der Waals surface area contributed by atoms with Gasteiger partial charge in [-0.1, -0.05) is 0 Å². The summed E-state index contributed by atoms with van der Waals surface area (Å²) in [6.45, 7) is 4.15. The van der Waals surface area contributed by atoms with Crippen LogP contribution in [0, 0.1) is 12.8 Å². The average Bonchev–Trinajstić information content (AvgIpc) is 2.29. The van der Waals surface area contributed by atoms with Crippen LogP contribution in [0.3, 0.4) is 0 Å². The van der Waals surface area contributed by atoms with Gasteiger partial charge in [0.1, 0.15) is 0 Å². The van der Waals surface area contributed by atoms with Gasteiger partial charge in [-0.25, -0.2) is 0 Å². The summed E-state index contributed by atoms with van der Waals surface area (Å²) in [6.07, 6.45) is 4.12. The molecule has 1 aromatic rings. The highest BCUT2D eigenvalue weighted by atomic mass is 35.5. The summed E-state index contributed by atoms with van der Waals surface area (Å²) in [5.41, 5.74) is 1.17. The second-order valence-electron chi connectivity index (χ2n) is 4.18. The molecule has 1 aliphatic rings. The van der Waals surface area contributed by atoms with Gasteiger partial charge >= 0.3 is 0 Å². The first-order valence-electron chi connectivity index (χ1n) is 5.40. The van der Waals surface area contributed by atoms with Crippen LogP contribution < -0.4 is 4.90 Å². The van der Waals surface area contributed by atoms with Crippen molar-refractivity contribution in [2.45, 2.75) is 19.8 Å². The molecule has 0 unspecified atom stereocenters. The topological polar surface area (TPSA) is 29.0 Å². The van der Waals surface area contributed by atoms with Crippen molar-refractivity contribution in [2.24, 2.45) is 5.92 Å². The molecule has 0 aromatic carbocycles. The van der Waals surface area contributed by atoms with Gasteiger partial charge in [-0.2, -0.15) is 5.10 Å². The third kappa shape index (κ3) is 2.59. The van der Waals surface area contributed by atoms with E-state index in [1.54, 1.807) is 6.20 Å². The number of aromatic nitrogens is 2. The van der Waals surface area contributed by atoms with Crippen molar-refractivity contribution in [3.8, 4) is 0 Å². The Bertz CT molecular complexity index is 321. The van der Waals surface area contributed by atoms with Crippen LogP contribution in [0.25, 0.3) is 0 Å². The maximum Gasteiger partial charge on any atom is 0.151 e. The van der Waals surface area contributed by atoms with Crippen LogP contribution in [-0.4, -0.2) is 29.2 Å². The molecule has 0 atom stereocenters. The fraction of sp³-hybridized carbons (Fsp3) is 0.636. The first-order chi connectivity index (χ1) is 7.29. The second-order valence-corrected chi connectivity index (χ2v) is 4.48. The van der Waals surface area contributed by atoms with Crippen molar-refractivity contribution in [1.82, 2.24) is 10.2 Å². The van der Waals surface area contributed by atoms with E-state index in [1.165, 1.54) is 18.4 Å². The molecule has 0 bridgehead atoms. The predicted octanol–water partition coefficient (Wildman–Crippen LogP) is 2.24. The highest BCUT2D eigenvalue weighted by Gasteiger charge is 2.19. The molecule has 0 aliphatic carbocycles. The molecule has 0 spiro atoms. The number of halogens is 1. The number of nitrogens with zero attached hydrogens (tertiary/aromatic N) is 3. The van der Waals surface area contributed by atoms with E-state index in [2.05, 4.69) is 21.2 Å². The number of piperidine rings is 1. The molecular weight excluding hydrogens is 210 g/mol. The van der Waals surface area contributed by atoms with E-state index in [4.69, 9.17) is 11.6 Å². The van der Waals surface area contributed by atoms with Crippen molar-refractivity contribution in [1.29, 1.82) is 0 Å². The van der Waals surface area contributed by atoms with Crippen molar-refractivity contribution in [2.75, 3.05) is 23.9 Å². The molecule has 15 heavy (non-hydrogen) atoms. The molecule has 4 heteroatoms. The third-order valence-corrected chi connectivity index (χ3v) is 3.37. The number of hydrogen-bond donors (Lipinski definition) is 0. The molecule has 2 rings (SSSR count). The summed E-state index contributed by atoms with van der Waals surface area (Å²) in [5.74, 6) is 2.47. The lowest BCUT2D eigenvalue weighted by molar-refractivity contribution is 0.440. The Kier molecular flexibility index (Phi) is 3.41. The van der Waals surface area contributed by atoms with Crippen molar-refractivity contribution < 1.29 is 0 Å². The SMILES string of the molecule is Cc1cnnc(N2CCC(CCl)CC2)c1. The lowest BCUT2D eigenvalue weighted by Crippen LogP contribution is -2.34. The van der Waals surface area contributed by atoms with E-state index in [-0.39, 0.29) is 0 Å². The van der Waals surface area contributed by atoms with Gasteiger partial charge in [0.15, 0.2) is 5.82 Å². The number of aryl methyl sites for hydroxylation is 1. The number of anilines is 1. The molecule has 0 amide bonds. The molecule has 82 valence electrons. The quantitative estimate of drug-likeness (QED) is 0.723. The van der Waals surface area contributed by atoms with E-state index in [1.807, 2.05) is 6.92 Å². The van der Waals surface area contributed by atoms with E-state index in [0.717, 1.165) is 24.8 Å². The van der Waals surface area contributed by atoms with Crippen LogP contribution in [0.1, 0.15) is 18.4 Å². The van der Waals surface area contributed by atoms with Gasteiger partial charge in [-0.05, 0) is 37.3 Å². The first-order valence-corrected chi connectivity index (χ1v) is 5.93. The molecular formula is C11H16ClN3. The van der Waals surface area contributed by atoms with Crippen LogP contribution in [0.2, 0.25) is 0 Å². The molecule has 3 nitrogen and oxygen atoms in total. The van der Waals surface area contributed by atoms with Gasteiger partial charge in [-0.15, -0.1) is 16.7 Å². The van der Waals surface area contributed by atoms with Crippen LogP contribution in [0.15, 0.2) is 12.3 Å².